The molecule has 0 saturated carbocycles. The highest BCUT2D eigenvalue weighted by molar-refractivity contribution is 9.11. The number of benzene rings is 2. The molecule has 0 bridgehead atoms. The summed E-state index contributed by atoms with van der Waals surface area (Å²) in [6.45, 7) is 2.79. The molecule has 0 aromatic heterocycles. The lowest BCUT2D eigenvalue weighted by atomic mass is 9.87. The van der Waals surface area contributed by atoms with Gasteiger partial charge in [-0.05, 0) is 48.2 Å². The molecule has 0 amide bonds. The van der Waals surface area contributed by atoms with Crippen molar-refractivity contribution in [2.24, 2.45) is 0 Å². The van der Waals surface area contributed by atoms with Crippen molar-refractivity contribution in [3.05, 3.63) is 62.0 Å². The highest BCUT2D eigenvalue weighted by Gasteiger charge is 2.30. The molecule has 4 heteroatoms. The number of halogens is 3. The minimum atomic E-state index is -0.0821. The summed E-state index contributed by atoms with van der Waals surface area (Å²) in [5, 5.41) is -0.0821. The van der Waals surface area contributed by atoms with E-state index in [0.29, 0.717) is 0 Å². The number of fused-ring (bicyclic) bond motifs is 1. The number of aryl methyl sites for hydroxylation is 1. The van der Waals surface area contributed by atoms with Crippen LogP contribution in [0.1, 0.15) is 34.4 Å². The Morgan fingerprint density at radius 2 is 1.95 bits per heavy atom. The van der Waals surface area contributed by atoms with Crippen molar-refractivity contribution >= 4 is 43.5 Å². The average Bonchev–Trinajstić information content (AvgIpc) is 2.49. The molecule has 3 rings (SSSR count). The van der Waals surface area contributed by atoms with Crippen LogP contribution in [-0.2, 0) is 0 Å². The first kappa shape index (κ1) is 15.4. The molecule has 0 N–H and O–H groups in total. The summed E-state index contributed by atoms with van der Waals surface area (Å²) in [7, 11) is 0. The third-order valence-corrected chi connectivity index (χ3v) is 6.01. The van der Waals surface area contributed by atoms with E-state index in [1.807, 2.05) is 18.2 Å². The van der Waals surface area contributed by atoms with Crippen LogP contribution in [0.4, 0.5) is 0 Å². The fourth-order valence-electron chi connectivity index (χ4n) is 2.76. The molecule has 1 aliphatic rings. The van der Waals surface area contributed by atoms with Gasteiger partial charge in [0.15, 0.2) is 0 Å². The van der Waals surface area contributed by atoms with Crippen molar-refractivity contribution in [1.82, 2.24) is 0 Å². The van der Waals surface area contributed by atoms with Crippen molar-refractivity contribution in [3.8, 4) is 5.75 Å². The highest BCUT2D eigenvalue weighted by Crippen LogP contribution is 2.47. The van der Waals surface area contributed by atoms with E-state index in [0.717, 1.165) is 33.3 Å². The Morgan fingerprint density at radius 3 is 2.76 bits per heavy atom. The second-order valence-corrected chi connectivity index (χ2v) is 7.48. The van der Waals surface area contributed by atoms with Crippen LogP contribution in [-0.4, -0.2) is 6.61 Å². The number of para-hydroxylation sites is 1. The van der Waals surface area contributed by atoms with Crippen molar-refractivity contribution in [3.63, 3.8) is 0 Å². The summed E-state index contributed by atoms with van der Waals surface area (Å²) in [5.74, 6) is 1.23. The van der Waals surface area contributed by atoms with Crippen LogP contribution < -0.4 is 4.74 Å². The molecule has 1 aliphatic heterocycles. The van der Waals surface area contributed by atoms with Crippen molar-refractivity contribution in [1.29, 1.82) is 0 Å². The zero-order chi connectivity index (χ0) is 15.0. The van der Waals surface area contributed by atoms with E-state index in [1.54, 1.807) is 0 Å². The third-order valence-electron chi connectivity index (χ3n) is 3.93. The van der Waals surface area contributed by atoms with Gasteiger partial charge < -0.3 is 4.74 Å². The second-order valence-electron chi connectivity index (χ2n) is 5.31. The van der Waals surface area contributed by atoms with Crippen molar-refractivity contribution in [2.45, 2.75) is 24.6 Å². The smallest absolute Gasteiger partial charge is 0.122 e. The molecule has 1 nitrogen and oxygen atoms in total. The average molecular weight is 431 g/mol. The first-order chi connectivity index (χ1) is 10.1. The Hall–Kier alpha value is -0.510. The van der Waals surface area contributed by atoms with Gasteiger partial charge in [-0.1, -0.05) is 50.1 Å². The number of alkyl halides is 1. The number of rotatable bonds is 2. The quantitative estimate of drug-likeness (QED) is 0.503. The molecule has 2 unspecified atom stereocenters. The van der Waals surface area contributed by atoms with Crippen molar-refractivity contribution < 1.29 is 4.74 Å². The van der Waals surface area contributed by atoms with Gasteiger partial charge in [0.05, 0.1) is 12.0 Å². The van der Waals surface area contributed by atoms with E-state index in [1.165, 1.54) is 11.1 Å². The minimum absolute atomic E-state index is 0.0821. The van der Waals surface area contributed by atoms with Gasteiger partial charge in [-0.2, -0.15) is 0 Å². The van der Waals surface area contributed by atoms with Gasteiger partial charge in [0.1, 0.15) is 5.75 Å². The monoisotopic (exact) mass is 428 g/mol. The fraction of sp³-hybridized carbons (Fsp3) is 0.294. The van der Waals surface area contributed by atoms with Crippen LogP contribution in [0.5, 0.6) is 5.75 Å². The maximum absolute atomic E-state index is 6.84. The molecule has 0 spiro atoms. The van der Waals surface area contributed by atoms with E-state index in [2.05, 4.69) is 57.0 Å². The summed E-state index contributed by atoms with van der Waals surface area (Å²) in [6.07, 6.45) is 0.934. The number of hydrogen-bond donors (Lipinski definition) is 0. The Labute approximate surface area is 146 Å². The first-order valence-corrected chi connectivity index (χ1v) is 8.91. The van der Waals surface area contributed by atoms with E-state index >= 15 is 0 Å². The summed E-state index contributed by atoms with van der Waals surface area (Å²) in [4.78, 5) is 0. The first-order valence-electron chi connectivity index (χ1n) is 6.89. The van der Waals surface area contributed by atoms with Gasteiger partial charge in [0.2, 0.25) is 0 Å². The van der Waals surface area contributed by atoms with Crippen LogP contribution in [0.25, 0.3) is 0 Å². The second kappa shape index (κ2) is 6.31. The van der Waals surface area contributed by atoms with Crippen LogP contribution in [0, 0.1) is 6.92 Å². The number of hydrogen-bond acceptors (Lipinski definition) is 1. The van der Waals surface area contributed by atoms with Crippen LogP contribution in [0.3, 0.4) is 0 Å². The lowest BCUT2D eigenvalue weighted by molar-refractivity contribution is 0.265. The predicted molar refractivity (Wildman–Crippen MR) is 94.5 cm³/mol. The molecule has 2 aromatic rings. The molecule has 21 heavy (non-hydrogen) atoms. The van der Waals surface area contributed by atoms with Crippen LogP contribution >= 0.6 is 43.5 Å². The molecule has 0 fully saturated rings. The SMILES string of the molecule is Cc1cc(Br)c(C(Cl)C2CCOc3ccccc32)cc1Br. The topological polar surface area (TPSA) is 9.23 Å². The maximum Gasteiger partial charge on any atom is 0.122 e. The Bertz CT molecular complexity index is 672. The Morgan fingerprint density at radius 1 is 1.19 bits per heavy atom. The molecule has 1 heterocycles. The lowest BCUT2D eigenvalue weighted by Gasteiger charge is -2.30. The molecule has 0 aliphatic carbocycles. The highest BCUT2D eigenvalue weighted by atomic mass is 79.9. The minimum Gasteiger partial charge on any atom is -0.493 e. The summed E-state index contributed by atoms with van der Waals surface area (Å²) < 4.78 is 7.88. The Kier molecular flexibility index (Phi) is 4.63. The molecular weight excluding hydrogens is 415 g/mol. The third kappa shape index (κ3) is 3.01. The van der Waals surface area contributed by atoms with Crippen LogP contribution in [0.2, 0.25) is 0 Å². The van der Waals surface area contributed by atoms with Gasteiger partial charge in [0, 0.05) is 14.9 Å². The largest absolute Gasteiger partial charge is 0.493 e. The normalized spacial score (nSPS) is 18.8. The molecule has 110 valence electrons. The van der Waals surface area contributed by atoms with E-state index in [-0.39, 0.29) is 11.3 Å². The Balaban J connectivity index is 2.00. The fourth-order valence-corrected chi connectivity index (χ4v) is 4.40. The molecule has 0 radical (unpaired) electrons. The van der Waals surface area contributed by atoms with Gasteiger partial charge in [-0.15, -0.1) is 11.6 Å². The molecular formula is C17H15Br2ClO. The lowest BCUT2D eigenvalue weighted by Crippen LogP contribution is -2.18. The summed E-state index contributed by atoms with van der Waals surface area (Å²) >= 11 is 14.1. The summed E-state index contributed by atoms with van der Waals surface area (Å²) in [6, 6.07) is 12.4. The zero-order valence-electron chi connectivity index (χ0n) is 11.6. The molecule has 2 atom stereocenters. The van der Waals surface area contributed by atoms with Crippen LogP contribution in [0.15, 0.2) is 45.3 Å². The zero-order valence-corrected chi connectivity index (χ0v) is 15.5. The van der Waals surface area contributed by atoms with Gasteiger partial charge in [-0.3, -0.25) is 0 Å². The predicted octanol–water partition coefficient (Wildman–Crippen LogP) is 6.37. The van der Waals surface area contributed by atoms with Gasteiger partial charge >= 0.3 is 0 Å². The maximum atomic E-state index is 6.84. The molecule has 2 aromatic carbocycles. The number of ether oxygens (including phenoxy) is 1. The van der Waals surface area contributed by atoms with E-state index in [9.17, 15) is 0 Å². The van der Waals surface area contributed by atoms with Gasteiger partial charge in [0.25, 0.3) is 0 Å². The van der Waals surface area contributed by atoms with Gasteiger partial charge in [-0.25, -0.2) is 0 Å². The summed E-state index contributed by atoms with van der Waals surface area (Å²) in [5.41, 5.74) is 3.52. The van der Waals surface area contributed by atoms with E-state index < -0.39 is 0 Å². The molecule has 0 saturated heterocycles. The van der Waals surface area contributed by atoms with E-state index in [4.69, 9.17) is 16.3 Å². The van der Waals surface area contributed by atoms with Crippen molar-refractivity contribution in [2.75, 3.05) is 6.61 Å². The standard InChI is InChI=1S/C17H15Br2ClO/c1-10-8-15(19)13(9-14(10)18)17(20)12-6-7-21-16-5-3-2-4-11(12)16/h2-5,8-9,12,17H,6-7H2,1H3.